The minimum Gasteiger partial charge on any atom is -0.496 e. The molecule has 0 saturated heterocycles. The number of hydrogen-bond acceptors (Lipinski definition) is 8. The van der Waals surface area contributed by atoms with Crippen molar-refractivity contribution >= 4 is 30.0 Å². The van der Waals surface area contributed by atoms with Crippen LogP contribution in [0.15, 0.2) is 80.3 Å². The van der Waals surface area contributed by atoms with E-state index in [1.807, 2.05) is 16.7 Å². The largest absolute Gasteiger partial charge is 0.496 e. The molecule has 0 unspecified atom stereocenters. The summed E-state index contributed by atoms with van der Waals surface area (Å²) >= 11 is 0. The van der Waals surface area contributed by atoms with Crippen molar-refractivity contribution in [2.75, 3.05) is 25.5 Å². The predicted octanol–water partition coefficient (Wildman–Crippen LogP) is 3.87. The molecular formula is C26H26N8O2+. The van der Waals surface area contributed by atoms with Crippen molar-refractivity contribution in [3.8, 4) is 11.8 Å². The number of para-hydroxylation sites is 1. The van der Waals surface area contributed by atoms with Gasteiger partial charge in [-0.15, -0.1) is 0 Å². The van der Waals surface area contributed by atoms with Crippen LogP contribution in [0.5, 0.6) is 5.75 Å². The van der Waals surface area contributed by atoms with Gasteiger partial charge in [-0.3, -0.25) is 4.79 Å². The van der Waals surface area contributed by atoms with Gasteiger partial charge in [0.25, 0.3) is 5.91 Å². The van der Waals surface area contributed by atoms with Gasteiger partial charge in [0.05, 0.1) is 36.4 Å². The Bertz CT molecular complexity index is 1330. The molecule has 10 nitrogen and oxygen atoms in total. The number of nitriles is 1. The molecule has 1 atom stereocenters. The molecule has 0 fully saturated rings. The number of anilines is 1. The zero-order chi connectivity index (χ0) is 25.3. The van der Waals surface area contributed by atoms with Crippen molar-refractivity contribution < 1.29 is 14.1 Å². The van der Waals surface area contributed by atoms with E-state index in [-0.39, 0.29) is 5.91 Å². The molecule has 2 aliphatic rings. The van der Waals surface area contributed by atoms with Gasteiger partial charge in [0, 0.05) is 23.0 Å². The summed E-state index contributed by atoms with van der Waals surface area (Å²) in [6, 6.07) is 15.5. The van der Waals surface area contributed by atoms with Crippen molar-refractivity contribution in [3.05, 3.63) is 77.6 Å². The number of methoxy groups -OCH3 is 1. The Morgan fingerprint density at radius 3 is 2.81 bits per heavy atom. The number of carbonyl (C=O) groups is 1. The van der Waals surface area contributed by atoms with Crippen LogP contribution in [0, 0.1) is 17.8 Å². The van der Waals surface area contributed by atoms with E-state index in [2.05, 4.69) is 43.8 Å². The van der Waals surface area contributed by atoms with Crippen LogP contribution in [0.25, 0.3) is 0 Å². The van der Waals surface area contributed by atoms with Gasteiger partial charge in [0.1, 0.15) is 30.4 Å². The SMILES string of the molecule is CCC[N+]1=C(CNc2cccc(C(=O)N[C@H](C#N)c3ccccc3OC)c2)N=N/C1=C1/[CH]C=NC=N1. The summed E-state index contributed by atoms with van der Waals surface area (Å²) in [4.78, 5) is 21.2. The maximum atomic E-state index is 12.9. The second-order valence-corrected chi connectivity index (χ2v) is 7.90. The number of allylic oxidation sites excluding steroid dienone is 1. The van der Waals surface area contributed by atoms with E-state index in [1.165, 1.54) is 13.4 Å². The first-order valence-corrected chi connectivity index (χ1v) is 11.5. The highest BCUT2D eigenvalue weighted by atomic mass is 16.5. The lowest BCUT2D eigenvalue weighted by atomic mass is 10.1. The molecule has 2 aliphatic heterocycles. The van der Waals surface area contributed by atoms with Gasteiger partial charge in [-0.25, -0.2) is 14.6 Å². The lowest BCUT2D eigenvalue weighted by Gasteiger charge is -2.15. The highest BCUT2D eigenvalue weighted by Gasteiger charge is 2.29. The summed E-state index contributed by atoms with van der Waals surface area (Å²) in [6.45, 7) is 3.23. The standard InChI is InChI=1S/C26H25N8O2/c1-3-13-34-24(32-33-25(34)21-11-12-28-17-30-21)16-29-19-8-6-7-18(14-19)26(35)31-22(15-27)20-9-4-5-10-23(20)36-2/h4-12,14,17,22,29H,3,13,16H2,1-2H3/p+1/t22-/m1/s1. The number of hydrogen-bond donors (Lipinski definition) is 2. The molecule has 4 rings (SSSR count). The Kier molecular flexibility index (Phi) is 7.93. The van der Waals surface area contributed by atoms with Crippen LogP contribution in [0.3, 0.4) is 0 Å². The molecule has 36 heavy (non-hydrogen) atoms. The van der Waals surface area contributed by atoms with E-state index in [9.17, 15) is 10.1 Å². The van der Waals surface area contributed by atoms with Crippen LogP contribution < -0.4 is 15.4 Å². The summed E-state index contributed by atoms with van der Waals surface area (Å²) in [6.07, 6.45) is 5.87. The summed E-state index contributed by atoms with van der Waals surface area (Å²) in [5.74, 6) is 1.61. The fourth-order valence-electron chi connectivity index (χ4n) is 3.79. The third-order valence-electron chi connectivity index (χ3n) is 5.52. The highest BCUT2D eigenvalue weighted by molar-refractivity contribution is 5.96. The number of aliphatic imine (C=N–C) groups is 2. The lowest BCUT2D eigenvalue weighted by Crippen LogP contribution is -2.28. The second kappa shape index (κ2) is 11.7. The van der Waals surface area contributed by atoms with Crippen LogP contribution in [0.4, 0.5) is 5.69 Å². The van der Waals surface area contributed by atoms with Crippen molar-refractivity contribution in [3.63, 3.8) is 0 Å². The number of azo groups is 1. The first-order valence-electron chi connectivity index (χ1n) is 11.5. The Hall–Kier alpha value is -4.65. The fourth-order valence-corrected chi connectivity index (χ4v) is 3.79. The Balaban J connectivity index is 1.47. The van der Waals surface area contributed by atoms with Crippen molar-refractivity contribution in [1.29, 1.82) is 5.26 Å². The van der Waals surface area contributed by atoms with Crippen LogP contribution in [-0.2, 0) is 0 Å². The van der Waals surface area contributed by atoms with Gasteiger partial charge in [0.15, 0.2) is 0 Å². The number of benzene rings is 2. The summed E-state index contributed by atoms with van der Waals surface area (Å²) in [5, 5.41) is 24.4. The zero-order valence-corrected chi connectivity index (χ0v) is 20.0. The topological polar surface area (TPSA) is 127 Å². The van der Waals surface area contributed by atoms with Crippen LogP contribution >= 0.6 is 0 Å². The van der Waals surface area contributed by atoms with Gasteiger partial charge < -0.3 is 15.4 Å². The van der Waals surface area contributed by atoms with Crippen LogP contribution in [-0.4, -0.2) is 49.1 Å². The second-order valence-electron chi connectivity index (χ2n) is 7.90. The third kappa shape index (κ3) is 5.52. The molecule has 1 radical (unpaired) electrons. The van der Waals surface area contributed by atoms with Gasteiger partial charge in [0.2, 0.25) is 0 Å². The normalized spacial score (nSPS) is 17.1. The molecule has 2 aromatic rings. The van der Waals surface area contributed by atoms with Crippen LogP contribution in [0.1, 0.15) is 35.3 Å². The van der Waals surface area contributed by atoms with Crippen molar-refractivity contribution in [2.24, 2.45) is 20.2 Å². The number of amidine groups is 1. The maximum absolute atomic E-state index is 12.9. The number of amides is 1. The van der Waals surface area contributed by atoms with E-state index in [1.54, 1.807) is 49.0 Å². The zero-order valence-electron chi connectivity index (χ0n) is 20.0. The maximum Gasteiger partial charge on any atom is 0.328 e. The molecule has 0 aliphatic carbocycles. The average Bonchev–Trinajstić information content (AvgIpc) is 3.33. The summed E-state index contributed by atoms with van der Waals surface area (Å²) < 4.78 is 7.36. The van der Waals surface area contributed by atoms with E-state index < -0.39 is 6.04 Å². The van der Waals surface area contributed by atoms with Gasteiger partial charge in [-0.05, 0) is 30.7 Å². The van der Waals surface area contributed by atoms with E-state index in [4.69, 9.17) is 4.74 Å². The highest BCUT2D eigenvalue weighted by Crippen LogP contribution is 2.25. The number of carbonyl (C=O) groups excluding carboxylic acids is 1. The molecule has 2 heterocycles. The van der Waals surface area contributed by atoms with E-state index in [0.717, 1.165) is 24.5 Å². The number of rotatable bonds is 9. The summed E-state index contributed by atoms with van der Waals surface area (Å²) in [7, 11) is 1.53. The quantitative estimate of drug-likeness (QED) is 0.526. The van der Waals surface area contributed by atoms with Crippen molar-refractivity contribution in [2.45, 2.75) is 19.4 Å². The smallest absolute Gasteiger partial charge is 0.328 e. The monoisotopic (exact) mass is 482 g/mol. The minimum atomic E-state index is -0.849. The lowest BCUT2D eigenvalue weighted by molar-refractivity contribution is -0.475. The predicted molar refractivity (Wildman–Crippen MR) is 137 cm³/mol. The molecule has 2 N–H and O–H groups in total. The molecule has 0 bridgehead atoms. The Labute approximate surface area is 209 Å². The van der Waals surface area contributed by atoms with Gasteiger partial charge in [-0.1, -0.05) is 31.2 Å². The van der Waals surface area contributed by atoms with Gasteiger partial charge >= 0.3 is 11.7 Å². The minimum absolute atomic E-state index is 0.365. The van der Waals surface area contributed by atoms with E-state index in [0.29, 0.717) is 34.9 Å². The summed E-state index contributed by atoms with van der Waals surface area (Å²) in [5.41, 5.74) is 2.47. The molecule has 0 aromatic heterocycles. The number of nitrogens with one attached hydrogen (secondary N) is 2. The van der Waals surface area contributed by atoms with Gasteiger partial charge in [-0.2, -0.15) is 5.26 Å². The molecule has 181 valence electrons. The Morgan fingerprint density at radius 2 is 2.06 bits per heavy atom. The first kappa shape index (κ1) is 24.5. The van der Waals surface area contributed by atoms with E-state index >= 15 is 0 Å². The van der Waals surface area contributed by atoms with Crippen LogP contribution in [0.2, 0.25) is 0 Å². The molecule has 10 heteroatoms. The Morgan fingerprint density at radius 1 is 1.19 bits per heavy atom. The molecule has 2 aromatic carbocycles. The number of ether oxygens (including phenoxy) is 1. The molecule has 0 saturated carbocycles. The molecular weight excluding hydrogens is 456 g/mol. The molecule has 0 spiro atoms. The third-order valence-corrected chi connectivity index (χ3v) is 5.52. The fraction of sp³-hybridized carbons (Fsp3) is 0.231. The number of nitrogens with zero attached hydrogens (tertiary/aromatic N) is 6. The average molecular weight is 483 g/mol. The van der Waals surface area contributed by atoms with Crippen molar-refractivity contribution in [1.82, 2.24) is 5.32 Å². The molecule has 1 amide bonds. The first-order chi connectivity index (χ1) is 17.6.